The summed E-state index contributed by atoms with van der Waals surface area (Å²) < 4.78 is 0. The van der Waals surface area contributed by atoms with Crippen molar-refractivity contribution in [3.05, 3.63) is 18.0 Å². The molecule has 1 atom stereocenters. The third-order valence-electron chi connectivity index (χ3n) is 3.08. The predicted octanol–water partition coefficient (Wildman–Crippen LogP) is 2.28. The second kappa shape index (κ2) is 9.28. The smallest absolute Gasteiger partial charge is 0.320 e. The number of anilines is 1. The lowest BCUT2D eigenvalue weighted by Crippen LogP contribution is -2.37. The molecule has 6 nitrogen and oxygen atoms in total. The molecule has 0 fully saturated rings. The van der Waals surface area contributed by atoms with Gasteiger partial charge in [0.2, 0.25) is 5.95 Å². The van der Waals surface area contributed by atoms with Crippen molar-refractivity contribution in [3.63, 3.8) is 0 Å². The van der Waals surface area contributed by atoms with E-state index in [0.717, 1.165) is 24.9 Å². The summed E-state index contributed by atoms with van der Waals surface area (Å²) in [5, 5.41) is 15.3. The fourth-order valence-corrected chi connectivity index (χ4v) is 1.90. The van der Waals surface area contributed by atoms with Crippen LogP contribution >= 0.6 is 0 Å². The number of nitrogens with one attached hydrogen (secondary N) is 2. The molecule has 1 aromatic rings. The molecule has 6 heteroatoms. The molecule has 0 aliphatic rings. The highest BCUT2D eigenvalue weighted by atomic mass is 16.4. The number of aromatic nitrogens is 2. The van der Waals surface area contributed by atoms with Gasteiger partial charge < -0.3 is 15.7 Å². The van der Waals surface area contributed by atoms with Crippen molar-refractivity contribution in [2.75, 3.05) is 11.9 Å². The maximum atomic E-state index is 11.2. The number of rotatable bonds is 10. The number of hydrogen-bond donors (Lipinski definition) is 3. The van der Waals surface area contributed by atoms with Gasteiger partial charge in [0.25, 0.3) is 0 Å². The lowest BCUT2D eigenvalue weighted by Gasteiger charge is -2.16. The van der Waals surface area contributed by atoms with Crippen LogP contribution in [0.5, 0.6) is 0 Å². The molecule has 0 saturated carbocycles. The second-order valence-corrected chi connectivity index (χ2v) is 5.60. The van der Waals surface area contributed by atoms with E-state index in [0.29, 0.717) is 24.8 Å². The minimum absolute atomic E-state index is 0.333. The van der Waals surface area contributed by atoms with Crippen molar-refractivity contribution in [2.24, 2.45) is 5.92 Å². The van der Waals surface area contributed by atoms with E-state index in [2.05, 4.69) is 27.5 Å². The second-order valence-electron chi connectivity index (χ2n) is 5.60. The lowest BCUT2D eigenvalue weighted by molar-refractivity contribution is -0.140. The molecule has 0 unspecified atom stereocenters. The van der Waals surface area contributed by atoms with Gasteiger partial charge in [-0.15, -0.1) is 0 Å². The number of carbonyl (C=O) groups is 1. The summed E-state index contributed by atoms with van der Waals surface area (Å²) in [6, 6.07) is -0.535. The van der Waals surface area contributed by atoms with Gasteiger partial charge in [0, 0.05) is 31.0 Å². The first-order valence-corrected chi connectivity index (χ1v) is 7.54. The van der Waals surface area contributed by atoms with Crippen molar-refractivity contribution >= 4 is 11.9 Å². The lowest BCUT2D eigenvalue weighted by atomic mass is 10.0. The van der Waals surface area contributed by atoms with E-state index in [1.54, 1.807) is 12.4 Å². The Morgan fingerprint density at radius 3 is 2.52 bits per heavy atom. The summed E-state index contributed by atoms with van der Waals surface area (Å²) in [5.74, 6) is 0.131. The number of carboxylic acids is 1. The fraction of sp³-hybridized carbons (Fsp3) is 0.667. The molecule has 0 saturated heterocycles. The quantitative estimate of drug-likeness (QED) is 0.574. The normalized spacial score (nSPS) is 12.4. The average Bonchev–Trinajstić information content (AvgIpc) is 2.44. The number of unbranched alkanes of at least 4 members (excludes halogenated alkanes) is 1. The molecule has 0 spiro atoms. The van der Waals surface area contributed by atoms with Crippen LogP contribution in [0.4, 0.5) is 5.95 Å². The van der Waals surface area contributed by atoms with Crippen LogP contribution < -0.4 is 10.6 Å². The van der Waals surface area contributed by atoms with E-state index >= 15 is 0 Å². The van der Waals surface area contributed by atoms with Gasteiger partial charge in [-0.2, -0.15) is 0 Å². The molecule has 0 aliphatic carbocycles. The first kappa shape index (κ1) is 17.4. The zero-order chi connectivity index (χ0) is 15.7. The molecule has 1 heterocycles. The molecule has 3 N–H and O–H groups in total. The highest BCUT2D eigenvalue weighted by Crippen LogP contribution is 2.07. The van der Waals surface area contributed by atoms with Crippen LogP contribution in [0.2, 0.25) is 0 Å². The number of aliphatic carboxylic acids is 1. The number of nitrogens with zero attached hydrogens (tertiary/aromatic N) is 2. The molecule has 21 heavy (non-hydrogen) atoms. The van der Waals surface area contributed by atoms with Gasteiger partial charge >= 0.3 is 5.97 Å². The molecular weight excluding hydrogens is 268 g/mol. The molecular formula is C15H26N4O2. The highest BCUT2D eigenvalue weighted by molar-refractivity contribution is 5.73. The molecule has 118 valence electrons. The zero-order valence-corrected chi connectivity index (χ0v) is 13.1. The summed E-state index contributed by atoms with van der Waals surface area (Å²) in [7, 11) is 0. The van der Waals surface area contributed by atoms with Crippen LogP contribution in [0.15, 0.2) is 12.4 Å². The molecule has 0 radical (unpaired) electrons. The van der Waals surface area contributed by atoms with E-state index in [1.807, 2.05) is 13.8 Å². The Labute approximate surface area is 126 Å². The monoisotopic (exact) mass is 294 g/mol. The Morgan fingerprint density at radius 1 is 1.33 bits per heavy atom. The van der Waals surface area contributed by atoms with Gasteiger partial charge in [-0.25, -0.2) is 9.97 Å². The van der Waals surface area contributed by atoms with E-state index < -0.39 is 12.0 Å². The molecule has 0 aromatic carbocycles. The Bertz CT molecular complexity index is 420. The van der Waals surface area contributed by atoms with Crippen LogP contribution in [0, 0.1) is 5.92 Å². The van der Waals surface area contributed by atoms with Crippen molar-refractivity contribution in [1.29, 1.82) is 0 Å². The van der Waals surface area contributed by atoms with Crippen LogP contribution in [0.25, 0.3) is 0 Å². The standard InChI is InChI=1S/C15H26N4O2/c1-4-5-6-16-15-18-9-12(10-19-15)8-17-13(14(20)21)7-11(2)3/h9-11,13,17H,4-8H2,1-3H3,(H,20,21)(H,16,18,19)/t13-/m1/s1. The summed E-state index contributed by atoms with van der Waals surface area (Å²) >= 11 is 0. The molecule has 1 aromatic heterocycles. The molecule has 0 amide bonds. The fourth-order valence-electron chi connectivity index (χ4n) is 1.90. The maximum Gasteiger partial charge on any atom is 0.320 e. The van der Waals surface area contributed by atoms with Gasteiger partial charge in [-0.05, 0) is 18.8 Å². The number of hydrogen-bond acceptors (Lipinski definition) is 5. The van der Waals surface area contributed by atoms with E-state index in [1.165, 1.54) is 0 Å². The predicted molar refractivity (Wildman–Crippen MR) is 83.1 cm³/mol. The maximum absolute atomic E-state index is 11.2. The largest absolute Gasteiger partial charge is 0.480 e. The van der Waals surface area contributed by atoms with Crippen molar-refractivity contribution in [3.8, 4) is 0 Å². The molecule has 0 aliphatic heterocycles. The third kappa shape index (κ3) is 7.04. The van der Waals surface area contributed by atoms with Gasteiger partial charge in [0.1, 0.15) is 6.04 Å². The summed E-state index contributed by atoms with van der Waals surface area (Å²) in [5.41, 5.74) is 0.881. The Kier molecular flexibility index (Phi) is 7.68. The van der Waals surface area contributed by atoms with Crippen LogP contribution in [0.1, 0.15) is 45.6 Å². The minimum atomic E-state index is -0.817. The molecule has 1 rings (SSSR count). The van der Waals surface area contributed by atoms with Crippen molar-refractivity contribution in [2.45, 2.75) is 52.6 Å². The van der Waals surface area contributed by atoms with Gasteiger partial charge in [-0.1, -0.05) is 27.2 Å². The third-order valence-corrected chi connectivity index (χ3v) is 3.08. The minimum Gasteiger partial charge on any atom is -0.480 e. The number of carboxylic acid groups (broad SMARTS) is 1. The van der Waals surface area contributed by atoms with Crippen LogP contribution in [-0.2, 0) is 11.3 Å². The summed E-state index contributed by atoms with van der Waals surface area (Å²) in [4.78, 5) is 19.6. The van der Waals surface area contributed by atoms with E-state index in [9.17, 15) is 4.79 Å². The Hall–Kier alpha value is -1.69. The van der Waals surface area contributed by atoms with Crippen LogP contribution in [0.3, 0.4) is 0 Å². The van der Waals surface area contributed by atoms with Crippen LogP contribution in [-0.4, -0.2) is 33.6 Å². The first-order valence-electron chi connectivity index (χ1n) is 7.54. The van der Waals surface area contributed by atoms with E-state index in [-0.39, 0.29) is 0 Å². The Balaban J connectivity index is 2.45. The molecule has 0 bridgehead atoms. The van der Waals surface area contributed by atoms with E-state index in [4.69, 9.17) is 5.11 Å². The van der Waals surface area contributed by atoms with Crippen molar-refractivity contribution < 1.29 is 9.90 Å². The Morgan fingerprint density at radius 2 is 2.00 bits per heavy atom. The topological polar surface area (TPSA) is 87.1 Å². The van der Waals surface area contributed by atoms with Gasteiger partial charge in [0.05, 0.1) is 0 Å². The van der Waals surface area contributed by atoms with Crippen molar-refractivity contribution in [1.82, 2.24) is 15.3 Å². The SMILES string of the molecule is CCCCNc1ncc(CN[C@H](CC(C)C)C(=O)O)cn1. The zero-order valence-electron chi connectivity index (χ0n) is 13.1. The average molecular weight is 294 g/mol. The highest BCUT2D eigenvalue weighted by Gasteiger charge is 2.17. The first-order chi connectivity index (χ1) is 10.0. The summed E-state index contributed by atoms with van der Waals surface area (Å²) in [6.45, 7) is 7.48. The summed E-state index contributed by atoms with van der Waals surface area (Å²) in [6.07, 6.45) is 6.27. The van der Waals surface area contributed by atoms with Gasteiger partial charge in [0.15, 0.2) is 0 Å². The van der Waals surface area contributed by atoms with Gasteiger partial charge in [-0.3, -0.25) is 4.79 Å².